The summed E-state index contributed by atoms with van der Waals surface area (Å²) in [7, 11) is 0. The van der Waals surface area contributed by atoms with Crippen LogP contribution in [0.1, 0.15) is 28.4 Å². The molecule has 0 saturated heterocycles. The lowest BCUT2D eigenvalue weighted by molar-refractivity contribution is 0.102. The fraction of sp³-hybridized carbons (Fsp3) is 0.130. The Morgan fingerprint density at radius 3 is 2.57 bits per heavy atom. The molecule has 0 spiro atoms. The van der Waals surface area contributed by atoms with Crippen molar-refractivity contribution in [2.45, 2.75) is 20.3 Å². The zero-order valence-electron chi connectivity index (χ0n) is 15.6. The van der Waals surface area contributed by atoms with Crippen molar-refractivity contribution in [1.29, 1.82) is 0 Å². The summed E-state index contributed by atoms with van der Waals surface area (Å²) in [6.07, 6.45) is 0.956. The van der Waals surface area contributed by atoms with Crippen molar-refractivity contribution in [2.24, 2.45) is 0 Å². The fourth-order valence-electron chi connectivity index (χ4n) is 3.02. The number of anilines is 1. The van der Waals surface area contributed by atoms with Crippen LogP contribution in [0.15, 0.2) is 65.1 Å². The van der Waals surface area contributed by atoms with Crippen molar-refractivity contribution in [3.63, 3.8) is 0 Å². The Balaban J connectivity index is 1.54. The van der Waals surface area contributed by atoms with E-state index in [1.54, 1.807) is 12.1 Å². The first kappa shape index (κ1) is 18.3. The largest absolute Gasteiger partial charge is 0.436 e. The van der Waals surface area contributed by atoms with E-state index in [1.807, 2.05) is 55.5 Å². The molecule has 3 aromatic carbocycles. The number of carbonyl (C=O) groups is 1. The van der Waals surface area contributed by atoms with Gasteiger partial charge in [0.1, 0.15) is 5.52 Å². The highest BCUT2D eigenvalue weighted by Gasteiger charge is 2.12. The summed E-state index contributed by atoms with van der Waals surface area (Å²) < 4.78 is 5.85. The number of fused-ring (bicyclic) bond motifs is 1. The van der Waals surface area contributed by atoms with Gasteiger partial charge < -0.3 is 9.73 Å². The number of oxazole rings is 1. The molecule has 0 aliphatic heterocycles. The number of halogens is 1. The van der Waals surface area contributed by atoms with Gasteiger partial charge in [-0.05, 0) is 73.0 Å². The molecular weight excluding hydrogens is 372 g/mol. The quantitative estimate of drug-likeness (QED) is 0.446. The Hall–Kier alpha value is -3.11. The Morgan fingerprint density at radius 2 is 1.86 bits per heavy atom. The molecule has 0 aliphatic rings. The average molecular weight is 391 g/mol. The number of aromatic nitrogens is 1. The van der Waals surface area contributed by atoms with E-state index in [1.165, 1.54) is 5.56 Å². The molecule has 4 nitrogen and oxygen atoms in total. The van der Waals surface area contributed by atoms with Gasteiger partial charge in [-0.2, -0.15) is 0 Å². The van der Waals surface area contributed by atoms with Gasteiger partial charge >= 0.3 is 0 Å². The zero-order chi connectivity index (χ0) is 19.7. The predicted molar refractivity (Wildman–Crippen MR) is 113 cm³/mol. The monoisotopic (exact) mass is 390 g/mol. The van der Waals surface area contributed by atoms with Crippen molar-refractivity contribution in [2.75, 3.05) is 5.32 Å². The number of amides is 1. The first-order valence-corrected chi connectivity index (χ1v) is 9.48. The van der Waals surface area contributed by atoms with E-state index in [-0.39, 0.29) is 5.91 Å². The number of rotatable bonds is 4. The Bertz CT molecular complexity index is 1160. The highest BCUT2D eigenvalue weighted by atomic mass is 35.5. The van der Waals surface area contributed by atoms with E-state index >= 15 is 0 Å². The average Bonchev–Trinajstić information content (AvgIpc) is 3.11. The van der Waals surface area contributed by atoms with Crippen LogP contribution in [0.25, 0.3) is 22.6 Å². The molecule has 28 heavy (non-hydrogen) atoms. The van der Waals surface area contributed by atoms with Crippen LogP contribution in [0.3, 0.4) is 0 Å². The highest BCUT2D eigenvalue weighted by molar-refractivity contribution is 6.34. The van der Waals surface area contributed by atoms with Crippen LogP contribution in [-0.2, 0) is 6.42 Å². The molecule has 0 aliphatic carbocycles. The third-order valence-electron chi connectivity index (χ3n) is 4.62. The summed E-state index contributed by atoms with van der Waals surface area (Å²) in [4.78, 5) is 17.0. The number of aryl methyl sites for hydroxylation is 2. The lowest BCUT2D eigenvalue weighted by Gasteiger charge is -2.08. The fourth-order valence-corrected chi connectivity index (χ4v) is 3.34. The third-order valence-corrected chi connectivity index (χ3v) is 4.93. The Morgan fingerprint density at radius 1 is 1.07 bits per heavy atom. The van der Waals surface area contributed by atoms with E-state index < -0.39 is 0 Å². The molecule has 140 valence electrons. The molecule has 4 rings (SSSR count). The molecule has 1 aromatic heterocycles. The molecule has 0 fully saturated rings. The molecule has 1 N–H and O–H groups in total. The van der Waals surface area contributed by atoms with Gasteiger partial charge in [0, 0.05) is 11.3 Å². The van der Waals surface area contributed by atoms with Gasteiger partial charge in [-0.25, -0.2) is 4.98 Å². The van der Waals surface area contributed by atoms with Crippen molar-refractivity contribution >= 4 is 34.3 Å². The van der Waals surface area contributed by atoms with Gasteiger partial charge in [0.2, 0.25) is 5.89 Å². The number of carbonyl (C=O) groups excluding carboxylic acids is 1. The Labute approximate surface area is 168 Å². The summed E-state index contributed by atoms with van der Waals surface area (Å²) in [5.74, 6) is 0.314. The maximum absolute atomic E-state index is 12.5. The number of hydrogen-bond donors (Lipinski definition) is 1. The van der Waals surface area contributed by atoms with Crippen LogP contribution in [0.5, 0.6) is 0 Å². The van der Waals surface area contributed by atoms with Crippen LogP contribution in [0.2, 0.25) is 5.02 Å². The molecule has 4 aromatic rings. The van der Waals surface area contributed by atoms with Gasteiger partial charge in [-0.3, -0.25) is 4.79 Å². The van der Waals surface area contributed by atoms with E-state index in [0.717, 1.165) is 28.6 Å². The topological polar surface area (TPSA) is 55.1 Å². The summed E-state index contributed by atoms with van der Waals surface area (Å²) >= 11 is 6.17. The SMILES string of the molecule is CCc1ccc2oc(-c3ccc(NC(=O)c4ccc(C)cc4Cl)cc3)nc2c1. The van der Waals surface area contributed by atoms with Crippen LogP contribution in [-0.4, -0.2) is 10.9 Å². The van der Waals surface area contributed by atoms with Crippen molar-refractivity contribution < 1.29 is 9.21 Å². The standard InChI is InChI=1S/C23H19ClN2O2/c1-3-15-5-11-21-20(13-15)26-23(28-21)16-6-8-17(9-7-16)25-22(27)18-10-4-14(2)12-19(18)24/h4-13H,3H2,1-2H3,(H,25,27). The van der Waals surface area contributed by atoms with Gasteiger partial charge in [-0.1, -0.05) is 30.7 Å². The minimum atomic E-state index is -0.244. The summed E-state index contributed by atoms with van der Waals surface area (Å²) in [5, 5.41) is 3.30. The van der Waals surface area contributed by atoms with E-state index in [0.29, 0.717) is 22.2 Å². The van der Waals surface area contributed by atoms with Gasteiger partial charge in [-0.15, -0.1) is 0 Å². The predicted octanol–water partition coefficient (Wildman–Crippen LogP) is 6.27. The van der Waals surface area contributed by atoms with Crippen LogP contribution in [0.4, 0.5) is 5.69 Å². The van der Waals surface area contributed by atoms with Gasteiger partial charge in [0.25, 0.3) is 5.91 Å². The minimum absolute atomic E-state index is 0.244. The first-order chi connectivity index (χ1) is 13.5. The van der Waals surface area contributed by atoms with Gasteiger partial charge in [0.15, 0.2) is 5.58 Å². The summed E-state index contributed by atoms with van der Waals surface area (Å²) in [6, 6.07) is 18.8. The second-order valence-electron chi connectivity index (χ2n) is 6.69. The number of benzene rings is 3. The van der Waals surface area contributed by atoms with Crippen molar-refractivity contribution in [3.05, 3.63) is 82.4 Å². The van der Waals surface area contributed by atoms with Crippen LogP contribution >= 0.6 is 11.6 Å². The molecule has 1 heterocycles. The molecule has 5 heteroatoms. The van der Waals surface area contributed by atoms with Crippen LogP contribution in [0, 0.1) is 6.92 Å². The zero-order valence-corrected chi connectivity index (χ0v) is 16.4. The Kier molecular flexibility index (Phi) is 4.88. The third kappa shape index (κ3) is 3.64. The summed E-state index contributed by atoms with van der Waals surface area (Å²) in [5.41, 5.74) is 5.81. The molecular formula is C23H19ClN2O2. The molecule has 1 amide bonds. The van der Waals surface area contributed by atoms with Crippen molar-refractivity contribution in [3.8, 4) is 11.5 Å². The second-order valence-corrected chi connectivity index (χ2v) is 7.10. The van der Waals surface area contributed by atoms with Crippen LogP contribution < -0.4 is 5.32 Å². The number of hydrogen-bond acceptors (Lipinski definition) is 3. The van der Waals surface area contributed by atoms with E-state index in [4.69, 9.17) is 16.0 Å². The molecule has 0 atom stereocenters. The minimum Gasteiger partial charge on any atom is -0.436 e. The first-order valence-electron chi connectivity index (χ1n) is 9.11. The molecule has 0 radical (unpaired) electrons. The molecule has 0 unspecified atom stereocenters. The lowest BCUT2D eigenvalue weighted by Crippen LogP contribution is -2.12. The molecule has 0 bridgehead atoms. The maximum atomic E-state index is 12.5. The second kappa shape index (κ2) is 7.49. The summed E-state index contributed by atoms with van der Waals surface area (Å²) in [6.45, 7) is 4.04. The van der Waals surface area contributed by atoms with E-state index in [2.05, 4.69) is 17.2 Å². The highest BCUT2D eigenvalue weighted by Crippen LogP contribution is 2.26. The molecule has 0 saturated carbocycles. The van der Waals surface area contributed by atoms with E-state index in [9.17, 15) is 4.79 Å². The number of nitrogens with zero attached hydrogens (tertiary/aromatic N) is 1. The van der Waals surface area contributed by atoms with Crippen molar-refractivity contribution in [1.82, 2.24) is 4.98 Å². The lowest BCUT2D eigenvalue weighted by atomic mass is 10.1. The van der Waals surface area contributed by atoms with Gasteiger partial charge in [0.05, 0.1) is 10.6 Å². The smallest absolute Gasteiger partial charge is 0.257 e. The number of nitrogens with one attached hydrogen (secondary N) is 1. The maximum Gasteiger partial charge on any atom is 0.257 e. The normalized spacial score (nSPS) is 11.0.